The lowest BCUT2D eigenvalue weighted by Crippen LogP contribution is -2.23. The van der Waals surface area contributed by atoms with E-state index in [1.165, 1.54) is 0 Å². The fourth-order valence-electron chi connectivity index (χ4n) is 1.58. The summed E-state index contributed by atoms with van der Waals surface area (Å²) in [6, 6.07) is 8.28. The number of benzene rings is 1. The van der Waals surface area contributed by atoms with Crippen molar-refractivity contribution in [2.75, 3.05) is 0 Å². The van der Waals surface area contributed by atoms with Gasteiger partial charge in [-0.25, -0.2) is 0 Å². The quantitative estimate of drug-likeness (QED) is 0.734. The van der Waals surface area contributed by atoms with Crippen molar-refractivity contribution < 1.29 is 12.6 Å². The fourth-order valence-corrected chi connectivity index (χ4v) is 2.83. The second kappa shape index (κ2) is 6.17. The van der Waals surface area contributed by atoms with E-state index in [1.807, 2.05) is 20.8 Å². The minimum Gasteiger partial charge on any atom is -0.263 e. The molecule has 1 aromatic rings. The molecule has 0 aliphatic carbocycles. The molecule has 0 fully saturated rings. The van der Waals surface area contributed by atoms with Crippen LogP contribution in [-0.4, -0.2) is 14.5 Å². The molecule has 1 atom stereocenters. The SMILES string of the molecule is CCCC(OS(=O)(=O)c1ccccc1)C(C)C. The van der Waals surface area contributed by atoms with Crippen molar-refractivity contribution in [3.05, 3.63) is 30.3 Å². The Morgan fingerprint density at radius 2 is 1.76 bits per heavy atom. The Balaban J connectivity index is 2.85. The van der Waals surface area contributed by atoms with Crippen LogP contribution in [0.1, 0.15) is 33.6 Å². The minimum atomic E-state index is -3.63. The van der Waals surface area contributed by atoms with Crippen molar-refractivity contribution in [1.29, 1.82) is 0 Å². The maximum atomic E-state index is 12.0. The Kier molecular flexibility index (Phi) is 5.15. The Labute approximate surface area is 104 Å². The zero-order valence-corrected chi connectivity index (χ0v) is 11.4. The van der Waals surface area contributed by atoms with Gasteiger partial charge in [-0.2, -0.15) is 8.42 Å². The largest absolute Gasteiger partial charge is 0.297 e. The number of rotatable bonds is 6. The van der Waals surface area contributed by atoms with Gasteiger partial charge in [-0.05, 0) is 24.5 Å². The summed E-state index contributed by atoms with van der Waals surface area (Å²) in [5.74, 6) is 0.188. The molecule has 17 heavy (non-hydrogen) atoms. The van der Waals surface area contributed by atoms with Gasteiger partial charge in [0.15, 0.2) is 0 Å². The summed E-state index contributed by atoms with van der Waals surface area (Å²) < 4.78 is 29.3. The molecule has 0 N–H and O–H groups in total. The van der Waals surface area contributed by atoms with Crippen molar-refractivity contribution in [3.63, 3.8) is 0 Å². The third-order valence-corrected chi connectivity index (χ3v) is 3.95. The highest BCUT2D eigenvalue weighted by Crippen LogP contribution is 2.20. The maximum absolute atomic E-state index is 12.0. The van der Waals surface area contributed by atoms with E-state index >= 15 is 0 Å². The number of hydrogen-bond acceptors (Lipinski definition) is 3. The average Bonchev–Trinajstić information content (AvgIpc) is 2.29. The van der Waals surface area contributed by atoms with Crippen molar-refractivity contribution in [2.45, 2.75) is 44.6 Å². The predicted molar refractivity (Wildman–Crippen MR) is 68.2 cm³/mol. The van der Waals surface area contributed by atoms with E-state index in [1.54, 1.807) is 30.3 Å². The van der Waals surface area contributed by atoms with E-state index in [0.29, 0.717) is 0 Å². The molecular formula is C13H20O3S. The molecule has 0 aromatic heterocycles. The van der Waals surface area contributed by atoms with Crippen LogP contribution >= 0.6 is 0 Å². The Morgan fingerprint density at radius 3 is 2.24 bits per heavy atom. The van der Waals surface area contributed by atoms with Gasteiger partial charge in [0.1, 0.15) is 0 Å². The molecule has 96 valence electrons. The summed E-state index contributed by atoms with van der Waals surface area (Å²) in [6.45, 7) is 5.97. The molecule has 0 amide bonds. The molecular weight excluding hydrogens is 236 g/mol. The lowest BCUT2D eigenvalue weighted by molar-refractivity contribution is 0.148. The lowest BCUT2D eigenvalue weighted by atomic mass is 10.0. The molecule has 0 saturated carbocycles. The monoisotopic (exact) mass is 256 g/mol. The Morgan fingerprint density at radius 1 is 1.18 bits per heavy atom. The summed E-state index contributed by atoms with van der Waals surface area (Å²) in [5.41, 5.74) is 0. The molecule has 3 nitrogen and oxygen atoms in total. The van der Waals surface area contributed by atoms with Gasteiger partial charge >= 0.3 is 0 Å². The van der Waals surface area contributed by atoms with E-state index in [2.05, 4.69) is 0 Å². The Bertz CT molecular complexity index is 423. The third kappa shape index (κ3) is 4.13. The van der Waals surface area contributed by atoms with Gasteiger partial charge in [-0.1, -0.05) is 45.4 Å². The van der Waals surface area contributed by atoms with Crippen molar-refractivity contribution in [3.8, 4) is 0 Å². The second-order valence-electron chi connectivity index (χ2n) is 4.43. The normalized spacial score (nSPS) is 13.9. The third-order valence-electron chi connectivity index (χ3n) is 2.60. The summed E-state index contributed by atoms with van der Waals surface area (Å²) in [5, 5.41) is 0. The van der Waals surface area contributed by atoms with E-state index < -0.39 is 10.1 Å². The summed E-state index contributed by atoms with van der Waals surface area (Å²) in [6.07, 6.45) is 1.42. The van der Waals surface area contributed by atoms with Gasteiger partial charge in [0.2, 0.25) is 0 Å². The highest BCUT2D eigenvalue weighted by atomic mass is 32.2. The maximum Gasteiger partial charge on any atom is 0.297 e. The lowest BCUT2D eigenvalue weighted by Gasteiger charge is -2.20. The molecule has 4 heteroatoms. The van der Waals surface area contributed by atoms with Crippen LogP contribution in [0.15, 0.2) is 35.2 Å². The van der Waals surface area contributed by atoms with Crippen LogP contribution in [0.3, 0.4) is 0 Å². The molecule has 1 rings (SSSR count). The average molecular weight is 256 g/mol. The zero-order chi connectivity index (χ0) is 12.9. The van der Waals surface area contributed by atoms with E-state index in [0.717, 1.165) is 12.8 Å². The van der Waals surface area contributed by atoms with Crippen LogP contribution in [0, 0.1) is 5.92 Å². The first-order valence-corrected chi connectivity index (χ1v) is 7.36. The van der Waals surface area contributed by atoms with Gasteiger partial charge in [-0.3, -0.25) is 4.18 Å². The van der Waals surface area contributed by atoms with Crippen molar-refractivity contribution >= 4 is 10.1 Å². The second-order valence-corrected chi connectivity index (χ2v) is 6.01. The Hall–Kier alpha value is -0.870. The highest BCUT2D eigenvalue weighted by Gasteiger charge is 2.23. The van der Waals surface area contributed by atoms with Crippen LogP contribution in [0.25, 0.3) is 0 Å². The number of hydrogen-bond donors (Lipinski definition) is 0. The van der Waals surface area contributed by atoms with Crippen molar-refractivity contribution in [1.82, 2.24) is 0 Å². The van der Waals surface area contributed by atoms with Gasteiger partial charge in [0.05, 0.1) is 11.0 Å². The molecule has 1 aromatic carbocycles. The smallest absolute Gasteiger partial charge is 0.263 e. The molecule has 0 bridgehead atoms. The van der Waals surface area contributed by atoms with Crippen LogP contribution in [0.4, 0.5) is 0 Å². The van der Waals surface area contributed by atoms with E-state index in [4.69, 9.17) is 4.18 Å². The van der Waals surface area contributed by atoms with Gasteiger partial charge < -0.3 is 0 Å². The van der Waals surface area contributed by atoms with Crippen LogP contribution in [0.5, 0.6) is 0 Å². The topological polar surface area (TPSA) is 43.4 Å². The van der Waals surface area contributed by atoms with Crippen LogP contribution in [-0.2, 0) is 14.3 Å². The molecule has 0 heterocycles. The molecule has 0 radical (unpaired) electrons. The summed E-state index contributed by atoms with van der Waals surface area (Å²) in [7, 11) is -3.63. The molecule has 0 saturated heterocycles. The zero-order valence-electron chi connectivity index (χ0n) is 10.6. The molecule has 0 spiro atoms. The van der Waals surface area contributed by atoms with E-state index in [-0.39, 0.29) is 16.9 Å². The first-order valence-electron chi connectivity index (χ1n) is 5.95. The van der Waals surface area contributed by atoms with Crippen LogP contribution < -0.4 is 0 Å². The first-order chi connectivity index (χ1) is 7.97. The van der Waals surface area contributed by atoms with Gasteiger partial charge in [0, 0.05) is 0 Å². The summed E-state index contributed by atoms with van der Waals surface area (Å²) in [4.78, 5) is 0.224. The highest BCUT2D eigenvalue weighted by molar-refractivity contribution is 7.86. The first kappa shape index (κ1) is 14.2. The summed E-state index contributed by atoms with van der Waals surface area (Å²) >= 11 is 0. The minimum absolute atomic E-state index is 0.188. The fraction of sp³-hybridized carbons (Fsp3) is 0.538. The standard InChI is InChI=1S/C13H20O3S/c1-4-8-13(11(2)3)16-17(14,15)12-9-6-5-7-10-12/h5-7,9-11,13H,4,8H2,1-3H3. The van der Waals surface area contributed by atoms with Gasteiger partial charge in [-0.15, -0.1) is 0 Å². The van der Waals surface area contributed by atoms with Gasteiger partial charge in [0.25, 0.3) is 10.1 Å². The van der Waals surface area contributed by atoms with Crippen molar-refractivity contribution in [2.24, 2.45) is 5.92 Å². The van der Waals surface area contributed by atoms with E-state index in [9.17, 15) is 8.42 Å². The predicted octanol–water partition coefficient (Wildman–Crippen LogP) is 3.22. The molecule has 0 aliphatic heterocycles. The molecule has 0 aliphatic rings. The van der Waals surface area contributed by atoms with Crippen LogP contribution in [0.2, 0.25) is 0 Å². The molecule has 1 unspecified atom stereocenters.